The summed E-state index contributed by atoms with van der Waals surface area (Å²) in [5.41, 5.74) is 10.8. The second-order valence-corrected chi connectivity index (χ2v) is 14.4. The Labute approximate surface area is 310 Å². The van der Waals surface area contributed by atoms with Crippen LogP contribution in [0.1, 0.15) is 0 Å². The monoisotopic (exact) mass is 686 g/mol. The van der Waals surface area contributed by atoms with Crippen LogP contribution in [0.25, 0.3) is 120 Å². The van der Waals surface area contributed by atoms with Gasteiger partial charge < -0.3 is 8.83 Å². The SMILES string of the molecule is c1ccc(-c2ccc3c(-c4ccc5oc6c7ccccc7ccc6c5c4)c4ccccc4c(-c4ccc5oc6c7ccccc7ccc6c5c4)c3c2)cc1. The molecule has 2 aromatic heterocycles. The van der Waals surface area contributed by atoms with Crippen molar-refractivity contribution in [3.63, 3.8) is 0 Å². The zero-order valence-corrected chi connectivity index (χ0v) is 29.1. The second kappa shape index (κ2) is 11.2. The Bertz CT molecular complexity index is 3490. The van der Waals surface area contributed by atoms with E-state index < -0.39 is 0 Å². The Kier molecular flexibility index (Phi) is 6.09. The highest BCUT2D eigenvalue weighted by Gasteiger charge is 2.20. The fourth-order valence-electron chi connectivity index (χ4n) is 8.93. The van der Waals surface area contributed by atoms with E-state index in [1.807, 2.05) is 0 Å². The molecule has 0 amide bonds. The van der Waals surface area contributed by atoms with Gasteiger partial charge in [0.15, 0.2) is 0 Å². The van der Waals surface area contributed by atoms with E-state index in [0.29, 0.717) is 0 Å². The molecular formula is C52H30O2. The van der Waals surface area contributed by atoms with Crippen molar-refractivity contribution in [3.05, 3.63) is 182 Å². The molecule has 2 heterocycles. The lowest BCUT2D eigenvalue weighted by atomic mass is 9.84. The summed E-state index contributed by atoms with van der Waals surface area (Å²) in [5, 5.41) is 14.0. The van der Waals surface area contributed by atoms with Crippen LogP contribution in [0, 0.1) is 0 Å². The predicted octanol–water partition coefficient (Wildman–Crippen LogP) is 15.1. The predicted molar refractivity (Wildman–Crippen MR) is 227 cm³/mol. The highest BCUT2D eigenvalue weighted by molar-refractivity contribution is 6.24. The molecule has 0 spiro atoms. The Hall–Kier alpha value is -7.16. The number of hydrogen-bond acceptors (Lipinski definition) is 2. The molecule has 54 heavy (non-hydrogen) atoms. The first-order valence-electron chi connectivity index (χ1n) is 18.5. The van der Waals surface area contributed by atoms with Crippen LogP contribution in [0.4, 0.5) is 0 Å². The molecule has 0 aliphatic heterocycles. The number of rotatable bonds is 3. The second-order valence-electron chi connectivity index (χ2n) is 14.4. The molecule has 0 fully saturated rings. The van der Waals surface area contributed by atoms with Gasteiger partial charge in [0, 0.05) is 32.3 Å². The molecule has 0 saturated heterocycles. The highest BCUT2D eigenvalue weighted by Crippen LogP contribution is 2.47. The van der Waals surface area contributed by atoms with Crippen molar-refractivity contribution >= 4 is 87.0 Å². The summed E-state index contributed by atoms with van der Waals surface area (Å²) in [4.78, 5) is 0. The highest BCUT2D eigenvalue weighted by atomic mass is 16.3. The summed E-state index contributed by atoms with van der Waals surface area (Å²) < 4.78 is 13.1. The Morgan fingerprint density at radius 3 is 1.24 bits per heavy atom. The fraction of sp³-hybridized carbons (Fsp3) is 0. The molecule has 12 rings (SSSR count). The first kappa shape index (κ1) is 29.4. The van der Waals surface area contributed by atoms with Crippen LogP contribution < -0.4 is 0 Å². The van der Waals surface area contributed by atoms with Gasteiger partial charge >= 0.3 is 0 Å². The maximum atomic E-state index is 6.56. The van der Waals surface area contributed by atoms with Gasteiger partial charge in [-0.3, -0.25) is 0 Å². The third-order valence-electron chi connectivity index (χ3n) is 11.4. The summed E-state index contributed by atoms with van der Waals surface area (Å²) in [5.74, 6) is 0. The fourth-order valence-corrected chi connectivity index (χ4v) is 8.93. The first-order valence-corrected chi connectivity index (χ1v) is 18.5. The number of fused-ring (bicyclic) bond motifs is 12. The van der Waals surface area contributed by atoms with Gasteiger partial charge in [-0.1, -0.05) is 140 Å². The van der Waals surface area contributed by atoms with E-state index in [0.717, 1.165) is 54.6 Å². The standard InChI is InChI=1S/C52H30O2/c1-2-10-31(11-3-1)34-20-23-41-46(28-34)50(36-22-27-48-45(30-36)43-25-19-33-13-5-7-15-38(33)52(43)54-48)40-17-9-8-16-39(40)49(41)35-21-26-47-44(29-35)42-24-18-32-12-4-6-14-37(32)51(42)53-47/h1-30H. The average Bonchev–Trinajstić information content (AvgIpc) is 3.81. The van der Waals surface area contributed by atoms with Crippen LogP contribution in [0.5, 0.6) is 0 Å². The van der Waals surface area contributed by atoms with E-state index in [9.17, 15) is 0 Å². The molecule has 0 bridgehead atoms. The van der Waals surface area contributed by atoms with Gasteiger partial charge in [-0.05, 0) is 108 Å². The summed E-state index contributed by atoms with van der Waals surface area (Å²) in [6.45, 7) is 0. The van der Waals surface area contributed by atoms with Gasteiger partial charge in [0.05, 0.1) is 0 Å². The summed E-state index contributed by atoms with van der Waals surface area (Å²) in [6, 6.07) is 65.7. The third kappa shape index (κ3) is 4.22. The summed E-state index contributed by atoms with van der Waals surface area (Å²) in [7, 11) is 0. The van der Waals surface area contributed by atoms with Crippen molar-refractivity contribution in [1.82, 2.24) is 0 Å². The minimum absolute atomic E-state index is 0.897. The maximum absolute atomic E-state index is 6.56. The Morgan fingerprint density at radius 1 is 0.241 bits per heavy atom. The minimum atomic E-state index is 0.897. The topological polar surface area (TPSA) is 26.3 Å². The van der Waals surface area contributed by atoms with Gasteiger partial charge in [0.25, 0.3) is 0 Å². The van der Waals surface area contributed by atoms with Crippen LogP contribution in [-0.2, 0) is 0 Å². The lowest BCUT2D eigenvalue weighted by Crippen LogP contribution is -1.92. The van der Waals surface area contributed by atoms with Crippen molar-refractivity contribution in [2.24, 2.45) is 0 Å². The van der Waals surface area contributed by atoms with Gasteiger partial charge in [0.2, 0.25) is 0 Å². The quantitative estimate of drug-likeness (QED) is 0.173. The summed E-state index contributed by atoms with van der Waals surface area (Å²) >= 11 is 0. The molecule has 2 nitrogen and oxygen atoms in total. The summed E-state index contributed by atoms with van der Waals surface area (Å²) in [6.07, 6.45) is 0. The molecule has 0 saturated carbocycles. The lowest BCUT2D eigenvalue weighted by Gasteiger charge is -2.19. The van der Waals surface area contributed by atoms with Crippen LogP contribution in [0.15, 0.2) is 191 Å². The van der Waals surface area contributed by atoms with E-state index in [2.05, 4.69) is 182 Å². The van der Waals surface area contributed by atoms with Crippen molar-refractivity contribution in [2.75, 3.05) is 0 Å². The van der Waals surface area contributed by atoms with Crippen LogP contribution >= 0.6 is 0 Å². The van der Waals surface area contributed by atoms with Gasteiger partial charge in [0.1, 0.15) is 22.3 Å². The van der Waals surface area contributed by atoms with E-state index >= 15 is 0 Å². The van der Waals surface area contributed by atoms with Crippen LogP contribution in [0.3, 0.4) is 0 Å². The smallest absolute Gasteiger partial charge is 0.143 e. The molecular weight excluding hydrogens is 657 g/mol. The minimum Gasteiger partial charge on any atom is -0.455 e. The van der Waals surface area contributed by atoms with Gasteiger partial charge in [-0.2, -0.15) is 0 Å². The Morgan fingerprint density at radius 2 is 0.667 bits per heavy atom. The molecule has 0 aliphatic carbocycles. The largest absolute Gasteiger partial charge is 0.455 e. The van der Waals surface area contributed by atoms with E-state index in [1.54, 1.807) is 0 Å². The Balaban J connectivity index is 1.16. The first-order chi connectivity index (χ1) is 26.8. The third-order valence-corrected chi connectivity index (χ3v) is 11.4. The molecule has 0 aliphatic rings. The molecule has 0 radical (unpaired) electrons. The van der Waals surface area contributed by atoms with Crippen LogP contribution in [-0.4, -0.2) is 0 Å². The molecule has 0 atom stereocenters. The molecule has 0 unspecified atom stereocenters. The van der Waals surface area contributed by atoms with Crippen molar-refractivity contribution < 1.29 is 8.83 Å². The zero-order valence-electron chi connectivity index (χ0n) is 29.1. The maximum Gasteiger partial charge on any atom is 0.143 e. The van der Waals surface area contributed by atoms with E-state index in [4.69, 9.17) is 8.83 Å². The van der Waals surface area contributed by atoms with E-state index in [1.165, 1.54) is 65.7 Å². The molecule has 2 heteroatoms. The lowest BCUT2D eigenvalue weighted by molar-refractivity contribution is 0.672. The van der Waals surface area contributed by atoms with E-state index in [-0.39, 0.29) is 0 Å². The normalized spacial score (nSPS) is 12.1. The van der Waals surface area contributed by atoms with Gasteiger partial charge in [-0.25, -0.2) is 0 Å². The average molecular weight is 687 g/mol. The van der Waals surface area contributed by atoms with Gasteiger partial charge in [-0.15, -0.1) is 0 Å². The molecule has 250 valence electrons. The molecule has 0 N–H and O–H groups in total. The number of benzene rings is 10. The number of furan rings is 2. The molecule has 12 aromatic rings. The van der Waals surface area contributed by atoms with Crippen molar-refractivity contribution in [1.29, 1.82) is 0 Å². The number of hydrogen-bond donors (Lipinski definition) is 0. The van der Waals surface area contributed by atoms with Crippen molar-refractivity contribution in [2.45, 2.75) is 0 Å². The van der Waals surface area contributed by atoms with Crippen molar-refractivity contribution in [3.8, 4) is 33.4 Å². The van der Waals surface area contributed by atoms with Crippen LogP contribution in [0.2, 0.25) is 0 Å². The zero-order chi connectivity index (χ0) is 35.3. The molecule has 10 aromatic carbocycles.